The first-order chi connectivity index (χ1) is 19.5. The average molecular weight is 556 g/mol. The van der Waals surface area contributed by atoms with Gasteiger partial charge in [-0.15, -0.1) is 10.2 Å². The maximum Gasteiger partial charge on any atom is 0.410 e. The minimum atomic E-state index is -0.878. The summed E-state index contributed by atoms with van der Waals surface area (Å²) in [4.78, 5) is 26.7. The summed E-state index contributed by atoms with van der Waals surface area (Å²) in [5.41, 5.74) is 7.22. The van der Waals surface area contributed by atoms with Crippen LogP contribution in [0.5, 0.6) is 0 Å². The molecule has 2 aliphatic heterocycles. The highest BCUT2D eigenvalue weighted by molar-refractivity contribution is 5.76. The molecule has 0 fully saturated rings. The largest absolute Gasteiger partial charge is 0.465 e. The van der Waals surface area contributed by atoms with E-state index in [2.05, 4.69) is 53.5 Å². The van der Waals surface area contributed by atoms with E-state index < -0.39 is 11.7 Å². The van der Waals surface area contributed by atoms with Crippen LogP contribution in [0, 0.1) is 6.92 Å². The molecule has 214 valence electrons. The number of carbonyl (C=O) groups is 2. The number of ether oxygens (including phenoxy) is 1. The molecule has 0 bridgehead atoms. The molecule has 1 aromatic heterocycles. The zero-order valence-electron chi connectivity index (χ0n) is 24.3. The van der Waals surface area contributed by atoms with Crippen molar-refractivity contribution in [1.82, 2.24) is 24.6 Å². The molecular formula is C32H37N5O4. The van der Waals surface area contributed by atoms with E-state index in [4.69, 9.17) is 4.74 Å². The van der Waals surface area contributed by atoms with Gasteiger partial charge in [-0.25, -0.2) is 9.59 Å². The third-order valence-corrected chi connectivity index (χ3v) is 7.57. The Morgan fingerprint density at radius 1 is 0.829 bits per heavy atom. The molecule has 5 rings (SSSR count). The van der Waals surface area contributed by atoms with Crippen LogP contribution in [0.15, 0.2) is 54.6 Å². The lowest BCUT2D eigenvalue weighted by Crippen LogP contribution is -2.39. The Balaban J connectivity index is 1.29. The van der Waals surface area contributed by atoms with Crippen LogP contribution >= 0.6 is 0 Å². The number of amides is 2. The highest BCUT2D eigenvalue weighted by Crippen LogP contribution is 2.31. The van der Waals surface area contributed by atoms with Crippen LogP contribution in [0.1, 0.15) is 50.3 Å². The fourth-order valence-corrected chi connectivity index (χ4v) is 5.29. The first-order valence-corrected chi connectivity index (χ1v) is 14.0. The number of aryl methyl sites for hydroxylation is 1. The van der Waals surface area contributed by atoms with Crippen LogP contribution in [0.4, 0.5) is 9.59 Å². The quantitative estimate of drug-likeness (QED) is 0.409. The maximum atomic E-state index is 12.4. The van der Waals surface area contributed by atoms with Crippen molar-refractivity contribution in [1.29, 1.82) is 0 Å². The van der Waals surface area contributed by atoms with Gasteiger partial charge < -0.3 is 24.2 Å². The zero-order chi connectivity index (χ0) is 29.3. The van der Waals surface area contributed by atoms with Crippen LogP contribution in [0.3, 0.4) is 0 Å². The third-order valence-electron chi connectivity index (χ3n) is 7.57. The van der Waals surface area contributed by atoms with Gasteiger partial charge in [0, 0.05) is 44.4 Å². The van der Waals surface area contributed by atoms with Crippen LogP contribution < -0.4 is 0 Å². The summed E-state index contributed by atoms with van der Waals surface area (Å²) in [7, 11) is 1.98. The summed E-state index contributed by atoms with van der Waals surface area (Å²) in [6, 6.07) is 14.6. The van der Waals surface area contributed by atoms with Crippen LogP contribution in [0.2, 0.25) is 0 Å². The van der Waals surface area contributed by atoms with Gasteiger partial charge in [-0.2, -0.15) is 0 Å². The summed E-state index contributed by atoms with van der Waals surface area (Å²) in [6.07, 6.45) is 4.42. The molecule has 9 heteroatoms. The van der Waals surface area contributed by atoms with Crippen molar-refractivity contribution in [2.24, 2.45) is 7.05 Å². The van der Waals surface area contributed by atoms with Gasteiger partial charge in [0.15, 0.2) is 11.6 Å². The van der Waals surface area contributed by atoms with Crippen molar-refractivity contribution in [2.45, 2.75) is 46.1 Å². The molecule has 1 N–H and O–H groups in total. The summed E-state index contributed by atoms with van der Waals surface area (Å²) in [5.74, 6) is 1.58. The molecule has 2 amide bonds. The molecule has 0 unspecified atom stereocenters. The number of benzene rings is 2. The van der Waals surface area contributed by atoms with E-state index in [1.54, 1.807) is 4.90 Å². The molecule has 9 nitrogen and oxygen atoms in total. The number of aromatic nitrogens is 3. The summed E-state index contributed by atoms with van der Waals surface area (Å²) in [5, 5.41) is 18.2. The van der Waals surface area contributed by atoms with Gasteiger partial charge in [0.05, 0.1) is 0 Å². The van der Waals surface area contributed by atoms with Gasteiger partial charge in [0.1, 0.15) is 5.60 Å². The molecular weight excluding hydrogens is 518 g/mol. The van der Waals surface area contributed by atoms with E-state index in [1.807, 2.05) is 50.6 Å². The van der Waals surface area contributed by atoms with Crippen molar-refractivity contribution in [3.63, 3.8) is 0 Å². The number of rotatable bonds is 4. The lowest BCUT2D eigenvalue weighted by atomic mass is 9.95. The first-order valence-electron chi connectivity index (χ1n) is 14.0. The average Bonchev–Trinajstić information content (AvgIpc) is 3.33. The minimum Gasteiger partial charge on any atom is -0.465 e. The van der Waals surface area contributed by atoms with E-state index in [0.717, 1.165) is 51.5 Å². The fourth-order valence-electron chi connectivity index (χ4n) is 5.29. The van der Waals surface area contributed by atoms with Gasteiger partial charge in [0.25, 0.3) is 0 Å². The molecule has 0 saturated carbocycles. The van der Waals surface area contributed by atoms with Crippen LogP contribution in [0.25, 0.3) is 33.9 Å². The smallest absolute Gasteiger partial charge is 0.410 e. The van der Waals surface area contributed by atoms with Gasteiger partial charge >= 0.3 is 12.2 Å². The zero-order valence-corrected chi connectivity index (χ0v) is 24.3. The van der Waals surface area contributed by atoms with Crippen molar-refractivity contribution in [3.05, 3.63) is 71.3 Å². The Kier molecular flexibility index (Phi) is 7.71. The molecule has 0 radical (unpaired) electrons. The standard InChI is InChI=1S/C32H37N5O4/c1-21-20-26(24-14-18-37(19-15-24)31(40)41-32(2,3)4)10-11-27(21)29-34-33-28(35(29)5)25-8-6-22(7-9-25)23-12-16-36(17-13-23)30(38)39/h6-12,14,20H,13,15-19H2,1-5H3,(H,38,39). The Bertz CT molecular complexity index is 1530. The van der Waals surface area contributed by atoms with Gasteiger partial charge in [-0.1, -0.05) is 54.6 Å². The summed E-state index contributed by atoms with van der Waals surface area (Å²) in [6.45, 7) is 9.82. The second-order valence-electron chi connectivity index (χ2n) is 11.6. The molecule has 2 aliphatic rings. The Morgan fingerprint density at radius 2 is 1.39 bits per heavy atom. The van der Waals surface area contributed by atoms with Crippen molar-refractivity contribution in [2.75, 3.05) is 26.2 Å². The SMILES string of the molecule is Cc1cc(C2=CCN(C(=O)OC(C)(C)C)CC2)ccc1-c1nnc(-c2ccc(C3=CCN(C(=O)O)CC3)cc2)n1C. The number of hydrogen-bond acceptors (Lipinski definition) is 5. The van der Waals surface area contributed by atoms with E-state index in [-0.39, 0.29) is 6.09 Å². The molecule has 3 aromatic rings. The highest BCUT2D eigenvalue weighted by atomic mass is 16.6. The third kappa shape index (κ3) is 6.19. The predicted molar refractivity (Wildman–Crippen MR) is 159 cm³/mol. The summed E-state index contributed by atoms with van der Waals surface area (Å²) < 4.78 is 7.53. The number of hydrogen-bond donors (Lipinski definition) is 1. The van der Waals surface area contributed by atoms with Crippen molar-refractivity contribution < 1.29 is 19.4 Å². The van der Waals surface area contributed by atoms with Crippen LogP contribution in [-0.4, -0.2) is 73.6 Å². The monoisotopic (exact) mass is 555 g/mol. The topological polar surface area (TPSA) is 101 Å². The molecule has 3 heterocycles. The molecule has 0 saturated heterocycles. The van der Waals surface area contributed by atoms with E-state index in [1.165, 1.54) is 10.5 Å². The van der Waals surface area contributed by atoms with E-state index in [0.29, 0.717) is 32.6 Å². The normalized spacial score (nSPS) is 15.8. The lowest BCUT2D eigenvalue weighted by molar-refractivity contribution is 0.0270. The lowest BCUT2D eigenvalue weighted by Gasteiger charge is -2.29. The van der Waals surface area contributed by atoms with Crippen LogP contribution in [-0.2, 0) is 11.8 Å². The fraction of sp³-hybridized carbons (Fsp3) is 0.375. The Labute approximate surface area is 240 Å². The molecule has 41 heavy (non-hydrogen) atoms. The molecule has 0 atom stereocenters. The van der Waals surface area contributed by atoms with Gasteiger partial charge in [0.2, 0.25) is 0 Å². The molecule has 0 aliphatic carbocycles. The Morgan fingerprint density at radius 3 is 1.95 bits per heavy atom. The number of carboxylic acid groups (broad SMARTS) is 1. The maximum absolute atomic E-state index is 12.4. The predicted octanol–water partition coefficient (Wildman–Crippen LogP) is 6.25. The van der Waals surface area contributed by atoms with Crippen molar-refractivity contribution in [3.8, 4) is 22.8 Å². The molecule has 2 aromatic carbocycles. The van der Waals surface area contributed by atoms with Crippen molar-refractivity contribution >= 4 is 23.3 Å². The minimum absolute atomic E-state index is 0.273. The highest BCUT2D eigenvalue weighted by Gasteiger charge is 2.24. The summed E-state index contributed by atoms with van der Waals surface area (Å²) >= 11 is 0. The second-order valence-corrected chi connectivity index (χ2v) is 11.6. The number of nitrogens with zero attached hydrogens (tertiary/aromatic N) is 5. The number of carbonyl (C=O) groups excluding carboxylic acids is 1. The van der Waals surface area contributed by atoms with E-state index in [9.17, 15) is 14.7 Å². The first kappa shape index (κ1) is 28.1. The van der Waals surface area contributed by atoms with Gasteiger partial charge in [-0.3, -0.25) is 0 Å². The molecule has 0 spiro atoms. The Hall–Kier alpha value is -4.40. The second kappa shape index (κ2) is 11.2. The van der Waals surface area contributed by atoms with E-state index >= 15 is 0 Å². The van der Waals surface area contributed by atoms with Gasteiger partial charge in [-0.05, 0) is 68.4 Å².